The maximum absolute atomic E-state index is 12.3. The molecule has 2 atom stereocenters. The molecule has 2 unspecified atom stereocenters. The molecule has 0 bridgehead atoms. The fraction of sp³-hybridized carbons (Fsp3) is 0.538. The summed E-state index contributed by atoms with van der Waals surface area (Å²) in [6, 6.07) is 4.92. The van der Waals surface area contributed by atoms with Crippen molar-refractivity contribution in [3.63, 3.8) is 0 Å². The Labute approximate surface area is 119 Å². The third-order valence-corrected chi connectivity index (χ3v) is 5.36. The molecular weight excluding hydrogens is 280 g/mol. The molecular formula is C13H20N2O4S. The number of aliphatic hydroxyl groups is 1. The van der Waals surface area contributed by atoms with Crippen molar-refractivity contribution in [3.05, 3.63) is 23.8 Å². The number of aryl methyl sites for hydroxylation is 1. The van der Waals surface area contributed by atoms with E-state index in [9.17, 15) is 13.5 Å². The Kier molecular flexibility index (Phi) is 4.06. The molecule has 0 spiro atoms. The lowest BCUT2D eigenvalue weighted by Gasteiger charge is -2.26. The van der Waals surface area contributed by atoms with Crippen molar-refractivity contribution in [2.45, 2.75) is 36.9 Å². The zero-order chi connectivity index (χ0) is 15.0. The van der Waals surface area contributed by atoms with Gasteiger partial charge in [0.05, 0.1) is 11.8 Å². The van der Waals surface area contributed by atoms with Gasteiger partial charge in [-0.3, -0.25) is 0 Å². The summed E-state index contributed by atoms with van der Waals surface area (Å²) in [6.45, 7) is 3.74. The Hall–Kier alpha value is -1.15. The lowest BCUT2D eigenvalue weighted by Crippen LogP contribution is -2.47. The molecule has 1 aromatic carbocycles. The topological polar surface area (TPSA) is 102 Å². The zero-order valence-corrected chi connectivity index (χ0v) is 12.4. The molecule has 7 heteroatoms. The van der Waals surface area contributed by atoms with Crippen LogP contribution in [0.5, 0.6) is 0 Å². The summed E-state index contributed by atoms with van der Waals surface area (Å²) < 4.78 is 32.4. The van der Waals surface area contributed by atoms with Gasteiger partial charge in [0.2, 0.25) is 10.0 Å². The average molecular weight is 300 g/mol. The molecule has 0 amide bonds. The van der Waals surface area contributed by atoms with Gasteiger partial charge in [-0.2, -0.15) is 0 Å². The molecule has 1 heterocycles. The quantitative estimate of drug-likeness (QED) is 0.698. The second kappa shape index (κ2) is 5.33. The number of rotatable bonds is 4. The second-order valence-electron chi connectivity index (χ2n) is 5.18. The number of sulfonamides is 1. The molecule has 6 nitrogen and oxygen atoms in total. The number of ether oxygens (including phenoxy) is 1. The number of hydrogen-bond acceptors (Lipinski definition) is 5. The molecule has 1 saturated heterocycles. The highest BCUT2D eigenvalue weighted by Gasteiger charge is 2.40. The van der Waals surface area contributed by atoms with E-state index in [1.54, 1.807) is 26.0 Å². The van der Waals surface area contributed by atoms with E-state index in [2.05, 4.69) is 4.72 Å². The molecule has 1 aliphatic heterocycles. The van der Waals surface area contributed by atoms with Gasteiger partial charge >= 0.3 is 0 Å². The van der Waals surface area contributed by atoms with Gasteiger partial charge < -0.3 is 15.6 Å². The molecule has 20 heavy (non-hydrogen) atoms. The second-order valence-corrected chi connectivity index (χ2v) is 6.89. The molecule has 112 valence electrons. The van der Waals surface area contributed by atoms with E-state index in [0.29, 0.717) is 18.6 Å². The molecule has 1 fully saturated rings. The van der Waals surface area contributed by atoms with Crippen molar-refractivity contribution in [2.24, 2.45) is 0 Å². The number of nitrogen functional groups attached to an aromatic ring is 1. The number of nitrogens with two attached hydrogens (primary N) is 1. The number of benzene rings is 1. The third kappa shape index (κ3) is 2.80. The first-order valence-electron chi connectivity index (χ1n) is 6.45. The van der Waals surface area contributed by atoms with Gasteiger partial charge in [0.15, 0.2) is 0 Å². The zero-order valence-electron chi connectivity index (χ0n) is 11.6. The predicted molar refractivity (Wildman–Crippen MR) is 75.8 cm³/mol. The van der Waals surface area contributed by atoms with Crippen molar-refractivity contribution in [1.29, 1.82) is 0 Å². The Morgan fingerprint density at radius 2 is 2.25 bits per heavy atom. The van der Waals surface area contributed by atoms with Crippen LogP contribution in [0.3, 0.4) is 0 Å². The highest BCUT2D eigenvalue weighted by atomic mass is 32.2. The molecule has 0 aromatic heterocycles. The standard InChI is InChI=1S/C13H20N2O4S/c1-9-4-3-5-11(14)12(9)20(17,18)15-8-13(16)6-7-19-10(13)2/h3-5,10,15-16H,6-8,14H2,1-2H3. The largest absolute Gasteiger partial charge is 0.398 e. The summed E-state index contributed by atoms with van der Waals surface area (Å²) in [5.41, 5.74) is 5.33. The van der Waals surface area contributed by atoms with Crippen LogP contribution >= 0.6 is 0 Å². The van der Waals surface area contributed by atoms with Crippen LogP contribution in [0.2, 0.25) is 0 Å². The Balaban J connectivity index is 2.20. The highest BCUT2D eigenvalue weighted by Crippen LogP contribution is 2.27. The predicted octanol–water partition coefficient (Wildman–Crippen LogP) is 0.395. The maximum Gasteiger partial charge on any atom is 0.242 e. The Morgan fingerprint density at radius 1 is 1.55 bits per heavy atom. The summed E-state index contributed by atoms with van der Waals surface area (Å²) in [6.07, 6.45) is -0.000598. The van der Waals surface area contributed by atoms with Crippen LogP contribution in [0.15, 0.2) is 23.1 Å². The van der Waals surface area contributed by atoms with Crippen LogP contribution in [0.1, 0.15) is 18.9 Å². The fourth-order valence-electron chi connectivity index (χ4n) is 2.34. The van der Waals surface area contributed by atoms with Crippen molar-refractivity contribution >= 4 is 15.7 Å². The summed E-state index contributed by atoms with van der Waals surface area (Å²) in [7, 11) is -3.76. The van der Waals surface area contributed by atoms with Crippen LogP contribution in [-0.2, 0) is 14.8 Å². The summed E-state index contributed by atoms with van der Waals surface area (Å²) in [4.78, 5) is 0.0650. The van der Waals surface area contributed by atoms with Crippen molar-refractivity contribution in [1.82, 2.24) is 4.72 Å². The molecule has 0 saturated carbocycles. The van der Waals surface area contributed by atoms with Gasteiger partial charge in [-0.15, -0.1) is 0 Å². The van der Waals surface area contributed by atoms with Crippen molar-refractivity contribution in [2.75, 3.05) is 18.9 Å². The summed E-state index contributed by atoms with van der Waals surface area (Å²) in [5, 5.41) is 10.3. The lowest BCUT2D eigenvalue weighted by molar-refractivity contribution is -0.0228. The van der Waals surface area contributed by atoms with E-state index in [1.807, 2.05) is 0 Å². The van der Waals surface area contributed by atoms with Crippen LogP contribution in [0.25, 0.3) is 0 Å². The van der Waals surface area contributed by atoms with E-state index in [4.69, 9.17) is 10.5 Å². The average Bonchev–Trinajstić information content (AvgIpc) is 2.68. The number of anilines is 1. The highest BCUT2D eigenvalue weighted by molar-refractivity contribution is 7.89. The van der Waals surface area contributed by atoms with Crippen LogP contribution in [0, 0.1) is 6.92 Å². The van der Waals surface area contributed by atoms with Crippen LogP contribution < -0.4 is 10.5 Å². The lowest BCUT2D eigenvalue weighted by atomic mass is 9.97. The van der Waals surface area contributed by atoms with Gasteiger partial charge in [-0.05, 0) is 25.5 Å². The maximum atomic E-state index is 12.3. The Bertz CT molecular complexity index is 582. The fourth-order valence-corrected chi connectivity index (χ4v) is 3.79. The van der Waals surface area contributed by atoms with E-state index in [-0.39, 0.29) is 17.1 Å². The molecule has 0 radical (unpaired) electrons. The van der Waals surface area contributed by atoms with Gasteiger partial charge in [0.25, 0.3) is 0 Å². The van der Waals surface area contributed by atoms with Crippen LogP contribution in [0.4, 0.5) is 5.69 Å². The van der Waals surface area contributed by atoms with Gasteiger partial charge in [-0.25, -0.2) is 13.1 Å². The monoisotopic (exact) mass is 300 g/mol. The van der Waals surface area contributed by atoms with Gasteiger partial charge in [0, 0.05) is 19.6 Å². The molecule has 2 rings (SSSR count). The number of hydrogen-bond donors (Lipinski definition) is 3. The van der Waals surface area contributed by atoms with Crippen molar-refractivity contribution in [3.8, 4) is 0 Å². The molecule has 1 aliphatic rings. The normalized spacial score (nSPS) is 26.9. The first kappa shape index (κ1) is 15.2. The van der Waals surface area contributed by atoms with E-state index >= 15 is 0 Å². The van der Waals surface area contributed by atoms with E-state index < -0.39 is 21.7 Å². The smallest absolute Gasteiger partial charge is 0.242 e. The minimum atomic E-state index is -3.76. The van der Waals surface area contributed by atoms with Crippen molar-refractivity contribution < 1.29 is 18.3 Å². The first-order chi connectivity index (χ1) is 9.26. The minimum absolute atomic E-state index is 0.0650. The Morgan fingerprint density at radius 3 is 2.80 bits per heavy atom. The van der Waals surface area contributed by atoms with E-state index in [1.165, 1.54) is 6.07 Å². The summed E-state index contributed by atoms with van der Waals surface area (Å²) >= 11 is 0. The third-order valence-electron chi connectivity index (χ3n) is 3.74. The van der Waals surface area contributed by atoms with E-state index in [0.717, 1.165) is 0 Å². The number of nitrogens with one attached hydrogen (secondary N) is 1. The SMILES string of the molecule is Cc1cccc(N)c1S(=O)(=O)NCC1(O)CCOC1C. The first-order valence-corrected chi connectivity index (χ1v) is 7.93. The molecule has 1 aromatic rings. The van der Waals surface area contributed by atoms with Crippen LogP contribution in [-0.4, -0.2) is 38.4 Å². The summed E-state index contributed by atoms with van der Waals surface area (Å²) in [5.74, 6) is 0. The molecule has 4 N–H and O–H groups in total. The molecule has 0 aliphatic carbocycles. The van der Waals surface area contributed by atoms with Gasteiger partial charge in [-0.1, -0.05) is 12.1 Å². The van der Waals surface area contributed by atoms with Gasteiger partial charge in [0.1, 0.15) is 10.5 Å². The minimum Gasteiger partial charge on any atom is -0.398 e.